The molecule has 0 spiro atoms. The van der Waals surface area contributed by atoms with Crippen LogP contribution in [0.15, 0.2) is 30.3 Å². The van der Waals surface area contributed by atoms with E-state index in [1.807, 2.05) is 0 Å². The van der Waals surface area contributed by atoms with Crippen LogP contribution in [0.5, 0.6) is 0 Å². The molecule has 3 heteroatoms. The van der Waals surface area contributed by atoms with E-state index in [2.05, 4.69) is 42.3 Å². The van der Waals surface area contributed by atoms with Crippen molar-refractivity contribution >= 4 is 0 Å². The van der Waals surface area contributed by atoms with Crippen LogP contribution in [0.25, 0.3) is 0 Å². The number of nitrogens with two attached hydrogens (primary N) is 1. The first-order chi connectivity index (χ1) is 8.31. The van der Waals surface area contributed by atoms with Crippen molar-refractivity contribution in [1.29, 1.82) is 0 Å². The first-order valence-electron chi connectivity index (χ1n) is 6.33. The number of rotatable bonds is 5. The molecule has 1 aliphatic rings. The summed E-state index contributed by atoms with van der Waals surface area (Å²) in [5.74, 6) is 0.591. The summed E-state index contributed by atoms with van der Waals surface area (Å²) in [5.41, 5.74) is 7.25. The lowest BCUT2D eigenvalue weighted by Crippen LogP contribution is -2.43. The molecule has 0 radical (unpaired) electrons. The van der Waals surface area contributed by atoms with Gasteiger partial charge in [-0.25, -0.2) is 0 Å². The third-order valence-corrected chi connectivity index (χ3v) is 3.59. The number of nitrogens with zero attached hydrogens (tertiary/aromatic N) is 1. The number of benzene rings is 1. The molecule has 2 unspecified atom stereocenters. The first kappa shape index (κ1) is 12.6. The minimum Gasteiger partial charge on any atom is -0.381 e. The van der Waals surface area contributed by atoms with Gasteiger partial charge in [0.2, 0.25) is 0 Å². The first-order valence-corrected chi connectivity index (χ1v) is 6.33. The van der Waals surface area contributed by atoms with Gasteiger partial charge in [-0.05, 0) is 19.0 Å². The fourth-order valence-electron chi connectivity index (χ4n) is 2.58. The molecule has 0 bridgehead atoms. The quantitative estimate of drug-likeness (QED) is 0.838. The summed E-state index contributed by atoms with van der Waals surface area (Å²) in [5, 5.41) is 0. The zero-order valence-corrected chi connectivity index (χ0v) is 10.5. The second-order valence-corrected chi connectivity index (χ2v) is 4.83. The van der Waals surface area contributed by atoms with Gasteiger partial charge in [-0.15, -0.1) is 0 Å². The van der Waals surface area contributed by atoms with E-state index in [1.165, 1.54) is 5.56 Å². The molecule has 2 atom stereocenters. The van der Waals surface area contributed by atoms with Gasteiger partial charge in [0.15, 0.2) is 0 Å². The highest BCUT2D eigenvalue weighted by molar-refractivity contribution is 5.14. The van der Waals surface area contributed by atoms with E-state index in [0.29, 0.717) is 18.5 Å². The molecule has 0 aliphatic carbocycles. The molecule has 1 aromatic rings. The summed E-state index contributed by atoms with van der Waals surface area (Å²) < 4.78 is 5.46. The van der Waals surface area contributed by atoms with Crippen LogP contribution in [0, 0.1) is 5.92 Å². The Morgan fingerprint density at radius 1 is 1.41 bits per heavy atom. The Morgan fingerprint density at radius 3 is 2.76 bits per heavy atom. The smallest absolute Gasteiger partial charge is 0.0510 e. The molecule has 1 fully saturated rings. The van der Waals surface area contributed by atoms with Gasteiger partial charge in [0, 0.05) is 31.7 Å². The zero-order chi connectivity index (χ0) is 12.1. The molecule has 0 aromatic heterocycles. The van der Waals surface area contributed by atoms with Crippen molar-refractivity contribution in [3.8, 4) is 0 Å². The summed E-state index contributed by atoms with van der Waals surface area (Å²) in [4.78, 5) is 2.36. The lowest BCUT2D eigenvalue weighted by molar-refractivity contribution is 0.136. The standard InChI is InChI=1S/C14H22N2O/c1-16(10-12-5-3-2-4-6-12)14(9-15)13-7-8-17-11-13/h2-6,13-14H,7-11,15H2,1H3. The molecule has 3 nitrogen and oxygen atoms in total. The van der Waals surface area contributed by atoms with E-state index in [4.69, 9.17) is 10.5 Å². The van der Waals surface area contributed by atoms with Crippen LogP contribution >= 0.6 is 0 Å². The maximum absolute atomic E-state index is 5.91. The van der Waals surface area contributed by atoms with Crippen molar-refractivity contribution in [3.63, 3.8) is 0 Å². The van der Waals surface area contributed by atoms with Crippen molar-refractivity contribution < 1.29 is 4.74 Å². The highest BCUT2D eigenvalue weighted by atomic mass is 16.5. The van der Waals surface area contributed by atoms with Crippen LogP contribution in [0.4, 0.5) is 0 Å². The second kappa shape index (κ2) is 6.15. The molecular weight excluding hydrogens is 212 g/mol. The normalized spacial score (nSPS) is 21.9. The van der Waals surface area contributed by atoms with Gasteiger partial charge in [0.1, 0.15) is 0 Å². The van der Waals surface area contributed by atoms with E-state index in [9.17, 15) is 0 Å². The summed E-state index contributed by atoms with van der Waals surface area (Å²) in [6.07, 6.45) is 1.14. The van der Waals surface area contributed by atoms with Gasteiger partial charge in [-0.2, -0.15) is 0 Å². The van der Waals surface area contributed by atoms with Crippen LogP contribution in [0.1, 0.15) is 12.0 Å². The topological polar surface area (TPSA) is 38.5 Å². The van der Waals surface area contributed by atoms with E-state index >= 15 is 0 Å². The zero-order valence-electron chi connectivity index (χ0n) is 10.5. The van der Waals surface area contributed by atoms with Gasteiger partial charge in [0.05, 0.1) is 6.61 Å². The Bertz CT molecular complexity index is 322. The monoisotopic (exact) mass is 234 g/mol. The molecular formula is C14H22N2O. The maximum Gasteiger partial charge on any atom is 0.0510 e. The van der Waals surface area contributed by atoms with Crippen LogP contribution in [-0.4, -0.2) is 37.7 Å². The molecule has 2 rings (SSSR count). The fraction of sp³-hybridized carbons (Fsp3) is 0.571. The van der Waals surface area contributed by atoms with E-state index < -0.39 is 0 Å². The van der Waals surface area contributed by atoms with E-state index in [-0.39, 0.29) is 0 Å². The van der Waals surface area contributed by atoms with Gasteiger partial charge >= 0.3 is 0 Å². The molecule has 0 amide bonds. The van der Waals surface area contributed by atoms with Crippen molar-refractivity contribution in [1.82, 2.24) is 4.90 Å². The maximum atomic E-state index is 5.91. The van der Waals surface area contributed by atoms with E-state index in [0.717, 1.165) is 26.2 Å². The Morgan fingerprint density at radius 2 is 2.18 bits per heavy atom. The molecule has 0 saturated carbocycles. The molecule has 2 N–H and O–H groups in total. The van der Waals surface area contributed by atoms with E-state index in [1.54, 1.807) is 0 Å². The minimum absolute atomic E-state index is 0.428. The van der Waals surface area contributed by atoms with Crippen LogP contribution < -0.4 is 5.73 Å². The third-order valence-electron chi connectivity index (χ3n) is 3.59. The van der Waals surface area contributed by atoms with Crippen LogP contribution in [0.2, 0.25) is 0 Å². The summed E-state index contributed by atoms with van der Waals surface area (Å²) in [7, 11) is 2.16. The molecule has 94 valence electrons. The Kier molecular flexibility index (Phi) is 4.54. The lowest BCUT2D eigenvalue weighted by Gasteiger charge is -2.31. The van der Waals surface area contributed by atoms with Gasteiger partial charge < -0.3 is 10.5 Å². The number of likely N-dealkylation sites (N-methyl/N-ethyl adjacent to an activating group) is 1. The fourth-order valence-corrected chi connectivity index (χ4v) is 2.58. The minimum atomic E-state index is 0.428. The van der Waals surface area contributed by atoms with Crippen LogP contribution in [-0.2, 0) is 11.3 Å². The largest absolute Gasteiger partial charge is 0.381 e. The number of ether oxygens (including phenoxy) is 1. The summed E-state index contributed by atoms with van der Waals surface area (Å²) >= 11 is 0. The van der Waals surface area contributed by atoms with Crippen LogP contribution in [0.3, 0.4) is 0 Å². The highest BCUT2D eigenvalue weighted by Gasteiger charge is 2.27. The Balaban J connectivity index is 1.95. The molecule has 1 aliphatic heterocycles. The molecule has 1 aromatic carbocycles. The summed E-state index contributed by atoms with van der Waals surface area (Å²) in [6.45, 7) is 3.41. The molecule has 1 saturated heterocycles. The predicted molar refractivity (Wildman–Crippen MR) is 69.7 cm³/mol. The lowest BCUT2D eigenvalue weighted by atomic mass is 9.97. The van der Waals surface area contributed by atoms with Crippen molar-refractivity contribution in [3.05, 3.63) is 35.9 Å². The SMILES string of the molecule is CN(Cc1ccccc1)C(CN)C1CCOC1. The average Bonchev–Trinajstić information content (AvgIpc) is 2.85. The Labute approximate surface area is 104 Å². The average molecular weight is 234 g/mol. The molecule has 17 heavy (non-hydrogen) atoms. The number of hydrogen-bond acceptors (Lipinski definition) is 3. The van der Waals surface area contributed by atoms with Gasteiger partial charge in [0.25, 0.3) is 0 Å². The predicted octanol–water partition coefficient (Wildman–Crippen LogP) is 1.48. The van der Waals surface area contributed by atoms with Gasteiger partial charge in [-0.1, -0.05) is 30.3 Å². The van der Waals surface area contributed by atoms with Crippen molar-refractivity contribution in [2.75, 3.05) is 26.8 Å². The van der Waals surface area contributed by atoms with Gasteiger partial charge in [-0.3, -0.25) is 4.90 Å². The van der Waals surface area contributed by atoms with Crippen molar-refractivity contribution in [2.24, 2.45) is 11.7 Å². The third kappa shape index (κ3) is 3.28. The number of hydrogen-bond donors (Lipinski definition) is 1. The van der Waals surface area contributed by atoms with Crippen molar-refractivity contribution in [2.45, 2.75) is 19.0 Å². The summed E-state index contributed by atoms with van der Waals surface area (Å²) in [6, 6.07) is 11.0. The second-order valence-electron chi connectivity index (χ2n) is 4.83. The Hall–Kier alpha value is -0.900. The highest BCUT2D eigenvalue weighted by Crippen LogP contribution is 2.21. The molecule has 1 heterocycles.